The zero-order chi connectivity index (χ0) is 16.9. The second-order valence-corrected chi connectivity index (χ2v) is 6.97. The highest BCUT2D eigenvalue weighted by Crippen LogP contribution is 2.36. The maximum Gasteiger partial charge on any atom is 0.225 e. The Morgan fingerprint density at radius 2 is 1.92 bits per heavy atom. The van der Waals surface area contributed by atoms with Crippen molar-refractivity contribution in [2.75, 3.05) is 44.9 Å². The molecule has 3 aromatic rings. The van der Waals surface area contributed by atoms with Crippen LogP contribution in [0.2, 0.25) is 0 Å². The minimum absolute atomic E-state index is 0.648. The molecule has 6 heteroatoms. The van der Waals surface area contributed by atoms with E-state index in [1.54, 1.807) is 11.3 Å². The lowest BCUT2D eigenvalue weighted by atomic mass is 10.2. The van der Waals surface area contributed by atoms with E-state index in [1.807, 2.05) is 13.1 Å². The third kappa shape index (κ3) is 3.83. The van der Waals surface area contributed by atoms with E-state index in [0.717, 1.165) is 35.5 Å². The number of hydrogen-bond donors (Lipinski definition) is 2. The Kier molecular flexibility index (Phi) is 5.27. The molecule has 2 heterocycles. The second-order valence-electron chi connectivity index (χ2n) is 5.92. The van der Waals surface area contributed by atoms with E-state index in [0.29, 0.717) is 5.95 Å². The standard InChI is InChI=1S/C18H23N5S/c1-19-18-21-14-12-15(13-8-5-4-6-9-13)24-16(14)17(22-18)20-10-7-11-23(2)3/h4-6,8-9,12H,7,10-11H2,1-3H3,(H2,19,20,21,22). The van der Waals surface area contributed by atoms with Crippen LogP contribution in [-0.4, -0.2) is 49.1 Å². The monoisotopic (exact) mass is 341 g/mol. The van der Waals surface area contributed by atoms with Gasteiger partial charge in [0, 0.05) is 18.5 Å². The summed E-state index contributed by atoms with van der Waals surface area (Å²) in [5.74, 6) is 1.56. The summed E-state index contributed by atoms with van der Waals surface area (Å²) >= 11 is 1.73. The Bertz CT molecular complexity index is 798. The van der Waals surface area contributed by atoms with Crippen LogP contribution in [0, 0.1) is 0 Å². The van der Waals surface area contributed by atoms with Crippen LogP contribution in [0.15, 0.2) is 36.4 Å². The van der Waals surface area contributed by atoms with Gasteiger partial charge in [-0.2, -0.15) is 4.98 Å². The topological polar surface area (TPSA) is 53.1 Å². The van der Waals surface area contributed by atoms with Crippen molar-refractivity contribution in [2.24, 2.45) is 0 Å². The molecule has 0 bridgehead atoms. The number of rotatable bonds is 7. The van der Waals surface area contributed by atoms with Gasteiger partial charge in [0.1, 0.15) is 5.82 Å². The van der Waals surface area contributed by atoms with Gasteiger partial charge in [-0.3, -0.25) is 0 Å². The molecule has 0 fully saturated rings. The van der Waals surface area contributed by atoms with Crippen LogP contribution in [-0.2, 0) is 0 Å². The number of benzene rings is 1. The molecule has 0 aliphatic carbocycles. The fourth-order valence-corrected chi connectivity index (χ4v) is 3.58. The highest BCUT2D eigenvalue weighted by Gasteiger charge is 2.12. The van der Waals surface area contributed by atoms with Crippen LogP contribution in [0.1, 0.15) is 6.42 Å². The van der Waals surface area contributed by atoms with Gasteiger partial charge in [0.15, 0.2) is 0 Å². The molecular formula is C18H23N5S. The maximum absolute atomic E-state index is 4.61. The van der Waals surface area contributed by atoms with Gasteiger partial charge in [0.05, 0.1) is 10.2 Å². The number of thiophene rings is 1. The first kappa shape index (κ1) is 16.7. The van der Waals surface area contributed by atoms with Gasteiger partial charge < -0.3 is 15.5 Å². The van der Waals surface area contributed by atoms with Crippen LogP contribution in [0.5, 0.6) is 0 Å². The molecule has 5 nitrogen and oxygen atoms in total. The molecule has 2 aromatic heterocycles. The van der Waals surface area contributed by atoms with Crippen LogP contribution in [0.25, 0.3) is 20.7 Å². The number of anilines is 2. The third-order valence-corrected chi connectivity index (χ3v) is 4.91. The molecule has 0 aliphatic heterocycles. The van der Waals surface area contributed by atoms with E-state index in [2.05, 4.69) is 69.9 Å². The van der Waals surface area contributed by atoms with Crippen LogP contribution in [0.4, 0.5) is 11.8 Å². The number of hydrogen-bond acceptors (Lipinski definition) is 6. The van der Waals surface area contributed by atoms with E-state index in [1.165, 1.54) is 10.4 Å². The summed E-state index contributed by atoms with van der Waals surface area (Å²) < 4.78 is 1.11. The molecule has 0 saturated heterocycles. The van der Waals surface area contributed by atoms with Crippen molar-refractivity contribution in [3.05, 3.63) is 36.4 Å². The van der Waals surface area contributed by atoms with Crippen molar-refractivity contribution in [3.8, 4) is 10.4 Å². The lowest BCUT2D eigenvalue weighted by Crippen LogP contribution is -2.16. The molecule has 0 spiro atoms. The largest absolute Gasteiger partial charge is 0.369 e. The SMILES string of the molecule is CNc1nc(NCCCN(C)C)c2sc(-c3ccccc3)cc2n1. The van der Waals surface area contributed by atoms with Gasteiger partial charge in [-0.1, -0.05) is 30.3 Å². The van der Waals surface area contributed by atoms with Gasteiger partial charge >= 0.3 is 0 Å². The first-order chi connectivity index (χ1) is 11.7. The number of aromatic nitrogens is 2. The number of fused-ring (bicyclic) bond motifs is 1. The van der Waals surface area contributed by atoms with Gasteiger partial charge in [-0.05, 0) is 38.7 Å². The van der Waals surface area contributed by atoms with Gasteiger partial charge in [-0.25, -0.2) is 4.98 Å². The smallest absolute Gasteiger partial charge is 0.225 e. The Hall–Kier alpha value is -2.18. The van der Waals surface area contributed by atoms with Crippen molar-refractivity contribution in [1.29, 1.82) is 0 Å². The van der Waals surface area contributed by atoms with E-state index < -0.39 is 0 Å². The summed E-state index contributed by atoms with van der Waals surface area (Å²) in [5, 5.41) is 6.53. The van der Waals surface area contributed by atoms with Gasteiger partial charge in [0.2, 0.25) is 5.95 Å². The highest BCUT2D eigenvalue weighted by atomic mass is 32.1. The van der Waals surface area contributed by atoms with E-state index in [-0.39, 0.29) is 0 Å². The average Bonchev–Trinajstić information content (AvgIpc) is 3.03. The molecule has 0 atom stereocenters. The summed E-state index contributed by atoms with van der Waals surface area (Å²) in [5.41, 5.74) is 2.19. The molecular weight excluding hydrogens is 318 g/mol. The molecule has 0 amide bonds. The average molecular weight is 341 g/mol. The van der Waals surface area contributed by atoms with Crippen molar-refractivity contribution in [3.63, 3.8) is 0 Å². The van der Waals surface area contributed by atoms with Crippen LogP contribution in [0.3, 0.4) is 0 Å². The second kappa shape index (κ2) is 7.59. The molecule has 1 aromatic carbocycles. The molecule has 0 radical (unpaired) electrons. The van der Waals surface area contributed by atoms with Gasteiger partial charge in [-0.15, -0.1) is 11.3 Å². The van der Waals surface area contributed by atoms with E-state index in [4.69, 9.17) is 0 Å². The Balaban J connectivity index is 1.90. The molecule has 0 saturated carbocycles. The lowest BCUT2D eigenvalue weighted by molar-refractivity contribution is 0.405. The van der Waals surface area contributed by atoms with Crippen molar-refractivity contribution in [2.45, 2.75) is 6.42 Å². The van der Waals surface area contributed by atoms with Crippen molar-refractivity contribution in [1.82, 2.24) is 14.9 Å². The predicted molar refractivity (Wildman–Crippen MR) is 104 cm³/mol. The van der Waals surface area contributed by atoms with Crippen molar-refractivity contribution >= 4 is 33.3 Å². The maximum atomic E-state index is 4.61. The quantitative estimate of drug-likeness (QED) is 0.641. The Morgan fingerprint density at radius 3 is 2.62 bits per heavy atom. The Morgan fingerprint density at radius 1 is 1.12 bits per heavy atom. The fourth-order valence-electron chi connectivity index (χ4n) is 2.51. The fraction of sp³-hybridized carbons (Fsp3) is 0.333. The summed E-state index contributed by atoms with van der Waals surface area (Å²) in [4.78, 5) is 12.6. The number of nitrogens with one attached hydrogen (secondary N) is 2. The van der Waals surface area contributed by atoms with E-state index in [9.17, 15) is 0 Å². The minimum atomic E-state index is 0.648. The van der Waals surface area contributed by atoms with Crippen LogP contribution >= 0.6 is 11.3 Å². The first-order valence-corrected chi connectivity index (χ1v) is 8.92. The summed E-state index contributed by atoms with van der Waals surface area (Å²) in [6, 6.07) is 12.6. The molecule has 2 N–H and O–H groups in total. The normalized spacial score (nSPS) is 11.2. The number of nitrogens with zero attached hydrogens (tertiary/aromatic N) is 3. The predicted octanol–water partition coefficient (Wildman–Crippen LogP) is 3.76. The zero-order valence-corrected chi connectivity index (χ0v) is 15.2. The lowest BCUT2D eigenvalue weighted by Gasteiger charge is -2.11. The zero-order valence-electron chi connectivity index (χ0n) is 14.3. The summed E-state index contributed by atoms with van der Waals surface area (Å²) in [6.07, 6.45) is 1.07. The molecule has 0 unspecified atom stereocenters. The van der Waals surface area contributed by atoms with Gasteiger partial charge in [0.25, 0.3) is 0 Å². The minimum Gasteiger partial charge on any atom is -0.369 e. The highest BCUT2D eigenvalue weighted by molar-refractivity contribution is 7.22. The molecule has 3 rings (SSSR count). The molecule has 0 aliphatic rings. The van der Waals surface area contributed by atoms with Crippen LogP contribution < -0.4 is 10.6 Å². The molecule has 24 heavy (non-hydrogen) atoms. The van der Waals surface area contributed by atoms with Crippen molar-refractivity contribution < 1.29 is 0 Å². The molecule has 126 valence electrons. The Labute approximate surface area is 146 Å². The summed E-state index contributed by atoms with van der Waals surface area (Å²) in [6.45, 7) is 1.95. The first-order valence-electron chi connectivity index (χ1n) is 8.10. The summed E-state index contributed by atoms with van der Waals surface area (Å²) in [7, 11) is 6.03. The third-order valence-electron chi connectivity index (χ3n) is 3.73. The van der Waals surface area contributed by atoms with E-state index >= 15 is 0 Å².